The SMILES string of the molecule is COc1ccc(C(CN)SC(C)C(C)C)cc1. The summed E-state index contributed by atoms with van der Waals surface area (Å²) in [4.78, 5) is 0. The van der Waals surface area contributed by atoms with E-state index in [-0.39, 0.29) is 0 Å². The standard InChI is InChI=1S/C14H23NOS/c1-10(2)11(3)17-14(9-15)12-5-7-13(16-4)8-6-12/h5-8,10-11,14H,9,15H2,1-4H3. The van der Waals surface area contributed by atoms with Crippen molar-refractivity contribution in [1.29, 1.82) is 0 Å². The topological polar surface area (TPSA) is 35.2 Å². The van der Waals surface area contributed by atoms with E-state index in [4.69, 9.17) is 10.5 Å². The third kappa shape index (κ3) is 4.25. The molecule has 0 heterocycles. The number of thioether (sulfide) groups is 1. The fourth-order valence-corrected chi connectivity index (χ4v) is 2.76. The highest BCUT2D eigenvalue weighted by Crippen LogP contribution is 2.34. The number of hydrogen-bond acceptors (Lipinski definition) is 3. The molecule has 2 unspecified atom stereocenters. The van der Waals surface area contributed by atoms with Crippen molar-refractivity contribution in [2.75, 3.05) is 13.7 Å². The first-order chi connectivity index (χ1) is 8.08. The van der Waals surface area contributed by atoms with E-state index < -0.39 is 0 Å². The van der Waals surface area contributed by atoms with Crippen molar-refractivity contribution in [3.05, 3.63) is 29.8 Å². The lowest BCUT2D eigenvalue weighted by molar-refractivity contribution is 0.414. The van der Waals surface area contributed by atoms with Crippen molar-refractivity contribution in [3.63, 3.8) is 0 Å². The van der Waals surface area contributed by atoms with Gasteiger partial charge in [-0.1, -0.05) is 32.9 Å². The molecule has 1 aromatic rings. The first kappa shape index (κ1) is 14.4. The molecule has 2 nitrogen and oxygen atoms in total. The van der Waals surface area contributed by atoms with E-state index in [1.54, 1.807) is 7.11 Å². The molecule has 0 aliphatic carbocycles. The molecule has 0 aromatic heterocycles. The van der Waals surface area contributed by atoms with Gasteiger partial charge in [-0.2, -0.15) is 0 Å². The van der Waals surface area contributed by atoms with E-state index in [0.717, 1.165) is 5.75 Å². The van der Waals surface area contributed by atoms with E-state index in [1.807, 2.05) is 23.9 Å². The van der Waals surface area contributed by atoms with Gasteiger partial charge in [0.05, 0.1) is 7.11 Å². The van der Waals surface area contributed by atoms with Crippen LogP contribution in [-0.4, -0.2) is 18.9 Å². The Morgan fingerprint density at radius 1 is 1.18 bits per heavy atom. The Kier molecular flexibility index (Phi) is 5.86. The van der Waals surface area contributed by atoms with Crippen molar-refractivity contribution >= 4 is 11.8 Å². The molecule has 0 aliphatic rings. The zero-order chi connectivity index (χ0) is 12.8. The molecule has 1 rings (SSSR count). The fraction of sp³-hybridized carbons (Fsp3) is 0.571. The zero-order valence-corrected chi connectivity index (χ0v) is 12.0. The van der Waals surface area contributed by atoms with E-state index in [2.05, 4.69) is 32.9 Å². The summed E-state index contributed by atoms with van der Waals surface area (Å²) in [6.45, 7) is 7.44. The molecule has 2 N–H and O–H groups in total. The van der Waals surface area contributed by atoms with Gasteiger partial charge in [0.15, 0.2) is 0 Å². The second kappa shape index (κ2) is 6.92. The van der Waals surface area contributed by atoms with E-state index in [0.29, 0.717) is 23.0 Å². The van der Waals surface area contributed by atoms with Crippen LogP contribution >= 0.6 is 11.8 Å². The quantitative estimate of drug-likeness (QED) is 0.843. The third-order valence-electron chi connectivity index (χ3n) is 3.02. The second-order valence-electron chi connectivity index (χ2n) is 4.58. The second-order valence-corrected chi connectivity index (χ2v) is 6.17. The highest BCUT2D eigenvalue weighted by Gasteiger charge is 2.16. The molecule has 96 valence electrons. The summed E-state index contributed by atoms with van der Waals surface area (Å²) >= 11 is 1.95. The maximum atomic E-state index is 5.87. The summed E-state index contributed by atoms with van der Waals surface area (Å²) in [6, 6.07) is 8.21. The number of nitrogens with two attached hydrogens (primary N) is 1. The normalized spacial score (nSPS) is 14.7. The molecule has 1 aromatic carbocycles. The van der Waals surface area contributed by atoms with Crippen molar-refractivity contribution < 1.29 is 4.74 Å². The van der Waals surface area contributed by atoms with E-state index in [1.165, 1.54) is 5.56 Å². The van der Waals surface area contributed by atoms with Crippen LogP contribution in [0.2, 0.25) is 0 Å². The first-order valence-corrected chi connectivity index (χ1v) is 7.02. The summed E-state index contributed by atoms with van der Waals surface area (Å²) in [6.07, 6.45) is 0. The average Bonchev–Trinajstić information content (AvgIpc) is 2.35. The summed E-state index contributed by atoms with van der Waals surface area (Å²) in [5.74, 6) is 1.57. The Labute approximate surface area is 109 Å². The maximum absolute atomic E-state index is 5.87. The Bertz CT molecular complexity index is 323. The largest absolute Gasteiger partial charge is 0.497 e. The third-order valence-corrected chi connectivity index (χ3v) is 4.79. The summed E-state index contributed by atoms with van der Waals surface area (Å²) in [7, 11) is 1.69. The Morgan fingerprint density at radius 2 is 1.76 bits per heavy atom. The van der Waals surface area contributed by atoms with Gasteiger partial charge >= 0.3 is 0 Å². The summed E-state index contributed by atoms with van der Waals surface area (Å²) in [5.41, 5.74) is 7.15. The molecule has 0 saturated heterocycles. The molecule has 0 aliphatic heterocycles. The zero-order valence-electron chi connectivity index (χ0n) is 11.1. The summed E-state index contributed by atoms with van der Waals surface area (Å²) < 4.78 is 5.16. The molecule has 0 fully saturated rings. The van der Waals surface area contributed by atoms with Crippen LogP contribution in [0.5, 0.6) is 5.75 Å². The van der Waals surface area contributed by atoms with Gasteiger partial charge in [-0.15, -0.1) is 11.8 Å². The first-order valence-electron chi connectivity index (χ1n) is 6.08. The minimum atomic E-state index is 0.373. The number of rotatable bonds is 6. The van der Waals surface area contributed by atoms with Crippen LogP contribution in [0.4, 0.5) is 0 Å². The van der Waals surface area contributed by atoms with Gasteiger partial charge in [-0.3, -0.25) is 0 Å². The molecule has 0 spiro atoms. The van der Waals surface area contributed by atoms with Crippen LogP contribution in [-0.2, 0) is 0 Å². The van der Waals surface area contributed by atoms with Gasteiger partial charge in [-0.05, 0) is 23.6 Å². The predicted octanol–water partition coefficient (Wildman–Crippen LogP) is 3.47. The van der Waals surface area contributed by atoms with Crippen LogP contribution in [0.15, 0.2) is 24.3 Å². The van der Waals surface area contributed by atoms with Crippen molar-refractivity contribution in [2.24, 2.45) is 11.7 Å². The molecule has 0 radical (unpaired) electrons. The monoisotopic (exact) mass is 253 g/mol. The smallest absolute Gasteiger partial charge is 0.118 e. The number of hydrogen-bond donors (Lipinski definition) is 1. The Hall–Kier alpha value is -0.670. The minimum absolute atomic E-state index is 0.373. The highest BCUT2D eigenvalue weighted by molar-refractivity contribution is 8.00. The fourth-order valence-electron chi connectivity index (χ4n) is 1.51. The molecular weight excluding hydrogens is 230 g/mol. The molecule has 0 amide bonds. The van der Waals surface area contributed by atoms with Gasteiger partial charge in [0.2, 0.25) is 0 Å². The van der Waals surface area contributed by atoms with Gasteiger partial charge in [-0.25, -0.2) is 0 Å². The molecule has 3 heteroatoms. The minimum Gasteiger partial charge on any atom is -0.497 e. The summed E-state index contributed by atoms with van der Waals surface area (Å²) in [5, 5.41) is 0.990. The molecule has 17 heavy (non-hydrogen) atoms. The Morgan fingerprint density at radius 3 is 2.18 bits per heavy atom. The van der Waals surface area contributed by atoms with Crippen molar-refractivity contribution in [3.8, 4) is 5.75 Å². The highest BCUT2D eigenvalue weighted by atomic mass is 32.2. The van der Waals surface area contributed by atoms with Gasteiger partial charge < -0.3 is 10.5 Å². The van der Waals surface area contributed by atoms with Crippen molar-refractivity contribution in [2.45, 2.75) is 31.3 Å². The molecule has 0 bridgehead atoms. The number of ether oxygens (including phenoxy) is 1. The lowest BCUT2D eigenvalue weighted by Gasteiger charge is -2.22. The number of methoxy groups -OCH3 is 1. The van der Waals surface area contributed by atoms with Crippen LogP contribution in [0.3, 0.4) is 0 Å². The number of benzene rings is 1. The Balaban J connectivity index is 2.72. The predicted molar refractivity (Wildman–Crippen MR) is 76.7 cm³/mol. The van der Waals surface area contributed by atoms with Gasteiger partial charge in [0.25, 0.3) is 0 Å². The van der Waals surface area contributed by atoms with E-state index in [9.17, 15) is 0 Å². The van der Waals surface area contributed by atoms with Gasteiger partial charge in [0.1, 0.15) is 5.75 Å². The van der Waals surface area contributed by atoms with Crippen LogP contribution in [0, 0.1) is 5.92 Å². The average molecular weight is 253 g/mol. The lowest BCUT2D eigenvalue weighted by atomic mass is 10.1. The molecular formula is C14H23NOS. The lowest BCUT2D eigenvalue weighted by Crippen LogP contribution is -2.15. The van der Waals surface area contributed by atoms with E-state index >= 15 is 0 Å². The van der Waals surface area contributed by atoms with Crippen LogP contribution < -0.4 is 10.5 Å². The van der Waals surface area contributed by atoms with Crippen LogP contribution in [0.1, 0.15) is 31.6 Å². The maximum Gasteiger partial charge on any atom is 0.118 e. The van der Waals surface area contributed by atoms with Gasteiger partial charge in [0, 0.05) is 17.0 Å². The van der Waals surface area contributed by atoms with Crippen LogP contribution in [0.25, 0.3) is 0 Å². The molecule has 0 saturated carbocycles. The molecule has 2 atom stereocenters. The van der Waals surface area contributed by atoms with Crippen molar-refractivity contribution in [1.82, 2.24) is 0 Å².